The topological polar surface area (TPSA) is 40.5 Å². The van der Waals surface area contributed by atoms with Gasteiger partial charge in [-0.25, -0.2) is 0 Å². The van der Waals surface area contributed by atoms with E-state index in [9.17, 15) is 5.11 Å². The highest BCUT2D eigenvalue weighted by Crippen LogP contribution is 2.24. The third-order valence-corrected chi connectivity index (χ3v) is 3.25. The lowest BCUT2D eigenvalue weighted by Gasteiger charge is -2.14. The predicted octanol–water partition coefficient (Wildman–Crippen LogP) is 3.03. The zero-order chi connectivity index (χ0) is 13.5. The summed E-state index contributed by atoms with van der Waals surface area (Å²) in [6, 6.07) is 18.4. The number of aliphatic hydroxyl groups excluding tert-OH is 2. The molecule has 2 rings (SSSR count). The van der Waals surface area contributed by atoms with E-state index in [1.54, 1.807) is 0 Å². The summed E-state index contributed by atoms with van der Waals surface area (Å²) in [6.07, 6.45) is 1.52. The smallest absolute Gasteiger partial charge is 0.0581 e. The Morgan fingerprint density at radius 3 is 2.32 bits per heavy atom. The van der Waals surface area contributed by atoms with Crippen molar-refractivity contribution in [2.24, 2.45) is 0 Å². The number of hydrogen-bond donors (Lipinski definition) is 2. The van der Waals surface area contributed by atoms with Gasteiger partial charge in [0.05, 0.1) is 6.10 Å². The van der Waals surface area contributed by atoms with E-state index in [1.807, 2.05) is 30.3 Å². The van der Waals surface area contributed by atoms with Crippen LogP contribution in [0.2, 0.25) is 0 Å². The van der Waals surface area contributed by atoms with E-state index in [1.165, 1.54) is 11.1 Å². The van der Waals surface area contributed by atoms with Crippen molar-refractivity contribution in [3.63, 3.8) is 0 Å². The number of hydrogen-bond acceptors (Lipinski definition) is 2. The van der Waals surface area contributed by atoms with Crippen molar-refractivity contribution in [1.82, 2.24) is 0 Å². The van der Waals surface area contributed by atoms with Crippen molar-refractivity contribution >= 4 is 0 Å². The molecule has 2 aromatic rings. The molecule has 0 radical (unpaired) electrons. The van der Waals surface area contributed by atoms with Gasteiger partial charge in [-0.05, 0) is 36.0 Å². The highest BCUT2D eigenvalue weighted by Gasteiger charge is 2.09. The minimum Gasteiger partial charge on any atom is -0.396 e. The van der Waals surface area contributed by atoms with Crippen molar-refractivity contribution in [2.75, 3.05) is 6.61 Å². The molecule has 2 nitrogen and oxygen atoms in total. The SMILES string of the molecule is OCCCC(O)Cc1ccccc1-c1ccccc1. The van der Waals surface area contributed by atoms with Crippen LogP contribution in [0.15, 0.2) is 54.6 Å². The molecule has 100 valence electrons. The van der Waals surface area contributed by atoms with Gasteiger partial charge in [0, 0.05) is 6.61 Å². The molecular weight excluding hydrogens is 236 g/mol. The van der Waals surface area contributed by atoms with Crippen LogP contribution >= 0.6 is 0 Å². The molecule has 2 N–H and O–H groups in total. The lowest BCUT2D eigenvalue weighted by molar-refractivity contribution is 0.150. The summed E-state index contributed by atoms with van der Waals surface area (Å²) in [5.41, 5.74) is 3.50. The van der Waals surface area contributed by atoms with Gasteiger partial charge in [0.2, 0.25) is 0 Å². The molecule has 0 heterocycles. The third-order valence-electron chi connectivity index (χ3n) is 3.25. The van der Waals surface area contributed by atoms with Crippen molar-refractivity contribution in [1.29, 1.82) is 0 Å². The van der Waals surface area contributed by atoms with E-state index < -0.39 is 6.10 Å². The number of benzene rings is 2. The van der Waals surface area contributed by atoms with Gasteiger partial charge in [-0.2, -0.15) is 0 Å². The first kappa shape index (κ1) is 13.8. The van der Waals surface area contributed by atoms with E-state index in [0.29, 0.717) is 19.3 Å². The molecule has 0 aliphatic carbocycles. The summed E-state index contributed by atoms with van der Waals surface area (Å²) >= 11 is 0. The van der Waals surface area contributed by atoms with Gasteiger partial charge in [-0.1, -0.05) is 54.6 Å². The van der Waals surface area contributed by atoms with Gasteiger partial charge in [-0.15, -0.1) is 0 Å². The second-order valence-corrected chi connectivity index (χ2v) is 4.75. The Balaban J connectivity index is 2.17. The van der Waals surface area contributed by atoms with E-state index in [0.717, 1.165) is 5.56 Å². The quantitative estimate of drug-likeness (QED) is 0.834. The third kappa shape index (κ3) is 3.91. The standard InChI is InChI=1S/C17H20O2/c18-12-6-10-16(19)13-15-9-4-5-11-17(15)14-7-2-1-3-8-14/h1-5,7-9,11,16,18-19H,6,10,12-13H2. The van der Waals surface area contributed by atoms with Gasteiger partial charge in [0.15, 0.2) is 0 Å². The Morgan fingerprint density at radius 1 is 0.895 bits per heavy atom. The fraction of sp³-hybridized carbons (Fsp3) is 0.294. The normalized spacial score (nSPS) is 12.3. The zero-order valence-corrected chi connectivity index (χ0v) is 11.0. The summed E-state index contributed by atoms with van der Waals surface area (Å²) < 4.78 is 0. The summed E-state index contributed by atoms with van der Waals surface area (Å²) in [7, 11) is 0. The van der Waals surface area contributed by atoms with Crippen LogP contribution in [0.4, 0.5) is 0 Å². The second kappa shape index (κ2) is 7.07. The maximum atomic E-state index is 9.99. The van der Waals surface area contributed by atoms with Crippen LogP contribution in [0.25, 0.3) is 11.1 Å². The van der Waals surface area contributed by atoms with Crippen LogP contribution in [0, 0.1) is 0 Å². The van der Waals surface area contributed by atoms with Crippen molar-refractivity contribution in [2.45, 2.75) is 25.4 Å². The average molecular weight is 256 g/mol. The molecular formula is C17H20O2. The van der Waals surface area contributed by atoms with Gasteiger partial charge in [0.25, 0.3) is 0 Å². The molecule has 19 heavy (non-hydrogen) atoms. The molecule has 2 heteroatoms. The van der Waals surface area contributed by atoms with Gasteiger partial charge < -0.3 is 10.2 Å². The Hall–Kier alpha value is -1.64. The molecule has 1 atom stereocenters. The molecule has 0 aliphatic rings. The Kier molecular flexibility index (Phi) is 5.13. The molecule has 1 unspecified atom stereocenters. The Morgan fingerprint density at radius 2 is 1.58 bits per heavy atom. The molecule has 0 amide bonds. The van der Waals surface area contributed by atoms with Gasteiger partial charge in [0.1, 0.15) is 0 Å². The summed E-state index contributed by atoms with van der Waals surface area (Å²) in [6.45, 7) is 0.136. The number of aliphatic hydroxyl groups is 2. The summed E-state index contributed by atoms with van der Waals surface area (Å²) in [4.78, 5) is 0. The van der Waals surface area contributed by atoms with E-state index in [4.69, 9.17) is 5.11 Å². The van der Waals surface area contributed by atoms with Crippen molar-refractivity contribution in [3.05, 3.63) is 60.2 Å². The summed E-state index contributed by atoms with van der Waals surface area (Å²) in [5, 5.41) is 18.8. The summed E-state index contributed by atoms with van der Waals surface area (Å²) in [5.74, 6) is 0. The monoisotopic (exact) mass is 256 g/mol. The zero-order valence-electron chi connectivity index (χ0n) is 11.0. The van der Waals surface area contributed by atoms with Gasteiger partial charge in [-0.3, -0.25) is 0 Å². The van der Waals surface area contributed by atoms with Crippen molar-refractivity contribution in [3.8, 4) is 11.1 Å². The van der Waals surface area contributed by atoms with Crippen LogP contribution in [0.3, 0.4) is 0 Å². The maximum Gasteiger partial charge on any atom is 0.0581 e. The number of rotatable bonds is 6. The average Bonchev–Trinajstić information content (AvgIpc) is 2.46. The molecule has 0 spiro atoms. The minimum atomic E-state index is -0.392. The van der Waals surface area contributed by atoms with Crippen LogP contribution < -0.4 is 0 Å². The van der Waals surface area contributed by atoms with Crippen LogP contribution in [-0.4, -0.2) is 22.9 Å². The molecule has 0 saturated carbocycles. The van der Waals surface area contributed by atoms with E-state index in [2.05, 4.69) is 24.3 Å². The Bertz CT molecular complexity index is 494. The minimum absolute atomic E-state index is 0.136. The Labute approximate surface area is 114 Å². The maximum absolute atomic E-state index is 9.99. The molecule has 0 aromatic heterocycles. The lowest BCUT2D eigenvalue weighted by atomic mass is 9.95. The molecule has 0 bridgehead atoms. The first-order chi connectivity index (χ1) is 9.31. The van der Waals surface area contributed by atoms with Gasteiger partial charge >= 0.3 is 0 Å². The second-order valence-electron chi connectivity index (χ2n) is 4.75. The fourth-order valence-corrected chi connectivity index (χ4v) is 2.28. The molecule has 0 fully saturated rings. The van der Waals surface area contributed by atoms with Crippen LogP contribution in [-0.2, 0) is 6.42 Å². The van der Waals surface area contributed by atoms with Crippen molar-refractivity contribution < 1.29 is 10.2 Å². The largest absolute Gasteiger partial charge is 0.396 e. The van der Waals surface area contributed by atoms with E-state index in [-0.39, 0.29) is 6.61 Å². The van der Waals surface area contributed by atoms with Crippen LogP contribution in [0.5, 0.6) is 0 Å². The first-order valence-electron chi connectivity index (χ1n) is 6.73. The fourth-order valence-electron chi connectivity index (χ4n) is 2.28. The molecule has 0 aliphatic heterocycles. The molecule has 2 aromatic carbocycles. The first-order valence-corrected chi connectivity index (χ1v) is 6.73. The highest BCUT2D eigenvalue weighted by atomic mass is 16.3. The lowest BCUT2D eigenvalue weighted by Crippen LogP contribution is -2.11. The van der Waals surface area contributed by atoms with Crippen LogP contribution in [0.1, 0.15) is 18.4 Å². The highest BCUT2D eigenvalue weighted by molar-refractivity contribution is 5.67. The molecule has 0 saturated heterocycles. The predicted molar refractivity (Wildman–Crippen MR) is 77.9 cm³/mol. The van der Waals surface area contributed by atoms with E-state index >= 15 is 0 Å².